The Morgan fingerprint density at radius 2 is 1.78 bits per heavy atom. The molecular formula is C18H16F3NO. The minimum atomic E-state index is -4.44. The van der Waals surface area contributed by atoms with Gasteiger partial charge in [-0.25, -0.2) is 0 Å². The van der Waals surface area contributed by atoms with Gasteiger partial charge in [0.1, 0.15) is 0 Å². The maximum atomic E-state index is 12.8. The molecule has 1 fully saturated rings. The zero-order valence-corrected chi connectivity index (χ0v) is 12.4. The van der Waals surface area contributed by atoms with Crippen LogP contribution in [0.3, 0.4) is 0 Å². The minimum absolute atomic E-state index is 0.0912. The summed E-state index contributed by atoms with van der Waals surface area (Å²) in [6, 6.07) is 14.5. The molecular weight excluding hydrogens is 303 g/mol. The van der Waals surface area contributed by atoms with Crippen LogP contribution in [0.4, 0.5) is 13.2 Å². The molecule has 1 atom stereocenters. The van der Waals surface area contributed by atoms with Gasteiger partial charge in [0.25, 0.3) is 5.91 Å². The Hall–Kier alpha value is -2.30. The first kappa shape index (κ1) is 15.6. The van der Waals surface area contributed by atoms with E-state index >= 15 is 0 Å². The molecule has 1 saturated heterocycles. The number of rotatable bonds is 2. The van der Waals surface area contributed by atoms with E-state index in [0.717, 1.165) is 24.1 Å². The molecule has 2 nitrogen and oxygen atoms in total. The quantitative estimate of drug-likeness (QED) is 0.806. The van der Waals surface area contributed by atoms with Crippen molar-refractivity contribution in [3.8, 4) is 0 Å². The van der Waals surface area contributed by atoms with E-state index in [1.54, 1.807) is 4.90 Å². The van der Waals surface area contributed by atoms with Gasteiger partial charge in [-0.1, -0.05) is 36.4 Å². The number of carbonyl (C=O) groups is 1. The molecule has 1 heterocycles. The van der Waals surface area contributed by atoms with E-state index in [-0.39, 0.29) is 17.4 Å². The summed E-state index contributed by atoms with van der Waals surface area (Å²) in [5, 5.41) is 0. The normalized spacial score (nSPS) is 18.2. The molecule has 2 aromatic carbocycles. The summed E-state index contributed by atoms with van der Waals surface area (Å²) in [4.78, 5) is 14.1. The van der Waals surface area contributed by atoms with Crippen LogP contribution in [0.2, 0.25) is 0 Å². The van der Waals surface area contributed by atoms with Gasteiger partial charge in [-0.3, -0.25) is 4.79 Å². The second-order valence-corrected chi connectivity index (χ2v) is 5.73. The van der Waals surface area contributed by atoms with E-state index in [2.05, 4.69) is 0 Å². The van der Waals surface area contributed by atoms with Crippen molar-refractivity contribution in [1.29, 1.82) is 0 Å². The lowest BCUT2D eigenvalue weighted by molar-refractivity contribution is -0.137. The number of halogens is 3. The van der Waals surface area contributed by atoms with Crippen molar-refractivity contribution in [2.45, 2.75) is 18.5 Å². The van der Waals surface area contributed by atoms with Gasteiger partial charge in [0.2, 0.25) is 0 Å². The summed E-state index contributed by atoms with van der Waals surface area (Å²) >= 11 is 0. The zero-order valence-electron chi connectivity index (χ0n) is 12.4. The molecule has 5 heteroatoms. The molecule has 120 valence electrons. The molecule has 3 rings (SSSR count). The average molecular weight is 319 g/mol. The number of nitrogens with zero attached hydrogens (tertiary/aromatic N) is 1. The molecule has 1 aliphatic heterocycles. The van der Waals surface area contributed by atoms with Crippen LogP contribution in [0, 0.1) is 0 Å². The van der Waals surface area contributed by atoms with E-state index in [1.165, 1.54) is 12.1 Å². The largest absolute Gasteiger partial charge is 0.416 e. The molecule has 0 aliphatic carbocycles. The fourth-order valence-corrected chi connectivity index (χ4v) is 2.95. The predicted molar refractivity (Wildman–Crippen MR) is 81.1 cm³/mol. The first-order valence-corrected chi connectivity index (χ1v) is 7.46. The van der Waals surface area contributed by atoms with Gasteiger partial charge in [-0.05, 0) is 30.2 Å². The van der Waals surface area contributed by atoms with Crippen LogP contribution in [-0.2, 0) is 6.18 Å². The molecule has 1 unspecified atom stereocenters. The number of hydrogen-bond donors (Lipinski definition) is 0. The van der Waals surface area contributed by atoms with Crippen molar-refractivity contribution >= 4 is 5.91 Å². The number of likely N-dealkylation sites (tertiary alicyclic amines) is 1. The number of alkyl halides is 3. The number of carbonyl (C=O) groups excluding carboxylic acids is 1. The summed E-state index contributed by atoms with van der Waals surface area (Å²) in [6.07, 6.45) is -3.61. The number of benzene rings is 2. The molecule has 2 aromatic rings. The van der Waals surface area contributed by atoms with Gasteiger partial charge in [-0.15, -0.1) is 0 Å². The lowest BCUT2D eigenvalue weighted by Gasteiger charge is -2.17. The van der Waals surface area contributed by atoms with Gasteiger partial charge in [-0.2, -0.15) is 13.2 Å². The van der Waals surface area contributed by atoms with Crippen molar-refractivity contribution in [3.05, 3.63) is 71.3 Å². The van der Waals surface area contributed by atoms with Gasteiger partial charge in [0.05, 0.1) is 5.56 Å². The predicted octanol–water partition coefficient (Wildman–Crippen LogP) is 4.34. The van der Waals surface area contributed by atoms with Crippen LogP contribution in [-0.4, -0.2) is 23.9 Å². The number of hydrogen-bond acceptors (Lipinski definition) is 1. The summed E-state index contributed by atoms with van der Waals surface area (Å²) in [6.45, 7) is 1.10. The highest BCUT2D eigenvalue weighted by molar-refractivity contribution is 5.94. The first-order chi connectivity index (χ1) is 10.9. The fourth-order valence-electron chi connectivity index (χ4n) is 2.95. The van der Waals surface area contributed by atoms with Crippen molar-refractivity contribution in [2.75, 3.05) is 13.1 Å². The average Bonchev–Trinajstić information content (AvgIpc) is 3.04. The summed E-state index contributed by atoms with van der Waals surface area (Å²) < 4.78 is 38.3. The standard InChI is InChI=1S/C18H16F3NO/c19-18(20,21)16-8-4-7-14(11-16)17(23)22-10-9-15(12-22)13-5-2-1-3-6-13/h1-8,11,15H,9-10,12H2. The van der Waals surface area contributed by atoms with E-state index in [0.29, 0.717) is 13.1 Å². The highest BCUT2D eigenvalue weighted by atomic mass is 19.4. The second-order valence-electron chi connectivity index (χ2n) is 5.73. The first-order valence-electron chi connectivity index (χ1n) is 7.46. The molecule has 1 aliphatic rings. The Bertz CT molecular complexity index is 697. The third-order valence-corrected chi connectivity index (χ3v) is 4.18. The van der Waals surface area contributed by atoms with E-state index in [4.69, 9.17) is 0 Å². The summed E-state index contributed by atoms with van der Waals surface area (Å²) in [5.41, 5.74) is 0.461. The lowest BCUT2D eigenvalue weighted by atomic mass is 9.99. The monoisotopic (exact) mass is 319 g/mol. The lowest BCUT2D eigenvalue weighted by Crippen LogP contribution is -2.28. The maximum Gasteiger partial charge on any atom is 0.416 e. The molecule has 23 heavy (non-hydrogen) atoms. The van der Waals surface area contributed by atoms with Crippen molar-refractivity contribution in [2.24, 2.45) is 0 Å². The summed E-state index contributed by atoms with van der Waals surface area (Å²) in [7, 11) is 0. The van der Waals surface area contributed by atoms with Crippen LogP contribution in [0.1, 0.15) is 33.8 Å². The van der Waals surface area contributed by atoms with Crippen LogP contribution >= 0.6 is 0 Å². The van der Waals surface area contributed by atoms with Crippen molar-refractivity contribution < 1.29 is 18.0 Å². The van der Waals surface area contributed by atoms with Crippen LogP contribution < -0.4 is 0 Å². The van der Waals surface area contributed by atoms with Gasteiger partial charge in [0, 0.05) is 24.6 Å². The molecule has 0 radical (unpaired) electrons. The van der Waals surface area contributed by atoms with Crippen LogP contribution in [0.15, 0.2) is 54.6 Å². The maximum absolute atomic E-state index is 12.8. The van der Waals surface area contributed by atoms with E-state index < -0.39 is 11.7 Å². The second kappa shape index (κ2) is 6.07. The molecule has 1 amide bonds. The van der Waals surface area contributed by atoms with Crippen LogP contribution in [0.25, 0.3) is 0 Å². The highest BCUT2D eigenvalue weighted by Crippen LogP contribution is 2.31. The fraction of sp³-hybridized carbons (Fsp3) is 0.278. The molecule has 0 N–H and O–H groups in total. The molecule has 0 bridgehead atoms. The Morgan fingerprint density at radius 3 is 2.48 bits per heavy atom. The topological polar surface area (TPSA) is 20.3 Å². The van der Waals surface area contributed by atoms with Crippen LogP contribution in [0.5, 0.6) is 0 Å². The van der Waals surface area contributed by atoms with Crippen molar-refractivity contribution in [1.82, 2.24) is 4.90 Å². The third kappa shape index (κ3) is 3.38. The van der Waals surface area contributed by atoms with E-state index in [9.17, 15) is 18.0 Å². The molecule has 0 aromatic heterocycles. The minimum Gasteiger partial charge on any atom is -0.338 e. The SMILES string of the molecule is O=C(c1cccc(C(F)(F)F)c1)N1CCC(c2ccccc2)C1. The highest BCUT2D eigenvalue weighted by Gasteiger charge is 2.32. The van der Waals surface area contributed by atoms with Gasteiger partial charge in [0.15, 0.2) is 0 Å². The molecule has 0 saturated carbocycles. The zero-order chi connectivity index (χ0) is 16.4. The van der Waals surface area contributed by atoms with Gasteiger partial charge < -0.3 is 4.90 Å². The Kier molecular flexibility index (Phi) is 4.11. The van der Waals surface area contributed by atoms with Gasteiger partial charge >= 0.3 is 6.18 Å². The smallest absolute Gasteiger partial charge is 0.338 e. The third-order valence-electron chi connectivity index (χ3n) is 4.18. The Labute approximate surface area is 132 Å². The Balaban J connectivity index is 1.75. The number of amides is 1. The van der Waals surface area contributed by atoms with E-state index in [1.807, 2.05) is 30.3 Å². The summed E-state index contributed by atoms with van der Waals surface area (Å²) in [5.74, 6) is -0.0968. The molecule has 0 spiro atoms. The Morgan fingerprint density at radius 1 is 1.04 bits per heavy atom. The van der Waals surface area contributed by atoms with Crippen molar-refractivity contribution in [3.63, 3.8) is 0 Å².